The van der Waals surface area contributed by atoms with E-state index in [1.165, 1.54) is 11.3 Å². The lowest BCUT2D eigenvalue weighted by Gasteiger charge is -2.25. The third-order valence-electron chi connectivity index (χ3n) is 5.53. The highest BCUT2D eigenvalue weighted by Gasteiger charge is 2.33. The number of hydrogen-bond donors (Lipinski definition) is 0. The van der Waals surface area contributed by atoms with E-state index in [1.54, 1.807) is 44.8 Å². The summed E-state index contributed by atoms with van der Waals surface area (Å²) in [6, 6.07) is 8.50. The molecule has 0 aliphatic carbocycles. The van der Waals surface area contributed by atoms with Crippen molar-refractivity contribution in [2.75, 3.05) is 20.8 Å². The number of allylic oxidation sites excluding steroid dienone is 1. The molecule has 1 aromatic heterocycles. The number of rotatable bonds is 6. The average molecular weight is 701 g/mol. The van der Waals surface area contributed by atoms with Gasteiger partial charge in [0.1, 0.15) is 11.5 Å². The summed E-state index contributed by atoms with van der Waals surface area (Å²) < 4.78 is 20.3. The number of thiazole rings is 1. The van der Waals surface area contributed by atoms with Crippen molar-refractivity contribution < 1.29 is 19.0 Å². The molecule has 2 heterocycles. The van der Waals surface area contributed by atoms with Crippen LogP contribution >= 0.6 is 59.1 Å². The van der Waals surface area contributed by atoms with Gasteiger partial charge in [-0.3, -0.25) is 9.36 Å². The molecule has 188 valence electrons. The van der Waals surface area contributed by atoms with Gasteiger partial charge < -0.3 is 14.2 Å². The number of carbonyl (C=O) groups is 1. The zero-order valence-corrected chi connectivity index (χ0v) is 25.3. The van der Waals surface area contributed by atoms with Gasteiger partial charge in [-0.15, -0.1) is 0 Å². The summed E-state index contributed by atoms with van der Waals surface area (Å²) in [5.41, 5.74) is 2.09. The van der Waals surface area contributed by atoms with Gasteiger partial charge in [0.15, 0.2) is 4.80 Å². The van der Waals surface area contributed by atoms with Crippen LogP contribution in [0.25, 0.3) is 6.08 Å². The number of ether oxygens (including phenoxy) is 3. The Hall–Kier alpha value is -2.21. The van der Waals surface area contributed by atoms with Gasteiger partial charge in [0.2, 0.25) is 0 Å². The van der Waals surface area contributed by atoms with Crippen LogP contribution in [0.5, 0.6) is 11.5 Å². The topological polar surface area (TPSA) is 79.1 Å². The Bertz CT molecular complexity index is 1550. The standard InChI is InChI=1S/C25H21Br3N2O5S/c1-5-35-24(32)20-12(2)29-25-30(21(20)14-6-7-18(33-3)15(26)11-14)23(31)19(36-25)10-13-8-16(27)22(34-4)17(28)9-13/h6-11,21H,5H2,1-4H3/b19-10+/t21-/m1/s1. The average Bonchev–Trinajstić information content (AvgIpc) is 3.12. The zero-order valence-electron chi connectivity index (χ0n) is 19.7. The molecule has 0 saturated heterocycles. The van der Waals surface area contributed by atoms with Crippen LogP contribution in [-0.4, -0.2) is 31.4 Å². The molecular weight excluding hydrogens is 680 g/mol. The van der Waals surface area contributed by atoms with E-state index in [0.717, 1.165) is 20.1 Å². The lowest BCUT2D eigenvalue weighted by Crippen LogP contribution is -2.40. The van der Waals surface area contributed by atoms with Crippen molar-refractivity contribution in [2.45, 2.75) is 19.9 Å². The molecule has 1 aliphatic heterocycles. The van der Waals surface area contributed by atoms with Crippen LogP contribution in [0, 0.1) is 0 Å². The highest BCUT2D eigenvalue weighted by Crippen LogP contribution is 2.36. The van der Waals surface area contributed by atoms with Gasteiger partial charge in [-0.1, -0.05) is 17.4 Å². The summed E-state index contributed by atoms with van der Waals surface area (Å²) in [7, 11) is 3.16. The number of benzene rings is 2. The van der Waals surface area contributed by atoms with Crippen molar-refractivity contribution >= 4 is 71.2 Å². The second-order valence-corrected chi connectivity index (χ2v) is 11.3. The maximum Gasteiger partial charge on any atom is 0.338 e. The van der Waals surface area contributed by atoms with Gasteiger partial charge in [-0.2, -0.15) is 0 Å². The molecule has 1 atom stereocenters. The number of halogens is 3. The second-order valence-electron chi connectivity index (χ2n) is 7.71. The summed E-state index contributed by atoms with van der Waals surface area (Å²) in [4.78, 5) is 31.9. The predicted octanol–water partition coefficient (Wildman–Crippen LogP) is 5.10. The molecule has 4 rings (SSSR count). The second kappa shape index (κ2) is 11.0. The van der Waals surface area contributed by atoms with Crippen LogP contribution in [0.1, 0.15) is 31.0 Å². The molecule has 2 aromatic carbocycles. The van der Waals surface area contributed by atoms with Gasteiger partial charge in [0.25, 0.3) is 5.56 Å². The minimum atomic E-state index is -0.709. The molecule has 0 bridgehead atoms. The van der Waals surface area contributed by atoms with Gasteiger partial charge >= 0.3 is 5.97 Å². The van der Waals surface area contributed by atoms with E-state index < -0.39 is 12.0 Å². The molecule has 11 heteroatoms. The third-order valence-corrected chi connectivity index (χ3v) is 8.31. The van der Waals surface area contributed by atoms with Crippen LogP contribution in [0.15, 0.2) is 64.8 Å². The van der Waals surface area contributed by atoms with E-state index >= 15 is 0 Å². The first-order valence-corrected chi connectivity index (χ1v) is 14.0. The van der Waals surface area contributed by atoms with E-state index in [4.69, 9.17) is 14.2 Å². The van der Waals surface area contributed by atoms with Crippen LogP contribution < -0.4 is 24.4 Å². The van der Waals surface area contributed by atoms with Crippen molar-refractivity contribution in [2.24, 2.45) is 4.99 Å². The number of carbonyl (C=O) groups excluding carboxylic acids is 1. The number of esters is 1. The van der Waals surface area contributed by atoms with Gasteiger partial charge in [-0.05, 0) is 103 Å². The fourth-order valence-corrected chi connectivity index (χ4v) is 7.12. The van der Waals surface area contributed by atoms with Crippen LogP contribution in [0.2, 0.25) is 0 Å². The van der Waals surface area contributed by atoms with Crippen LogP contribution in [0.4, 0.5) is 0 Å². The summed E-state index contributed by atoms with van der Waals surface area (Å²) in [5, 5.41) is 0. The quantitative estimate of drug-likeness (QED) is 0.335. The Morgan fingerprint density at radius 3 is 2.39 bits per heavy atom. The van der Waals surface area contributed by atoms with E-state index in [-0.39, 0.29) is 12.2 Å². The van der Waals surface area contributed by atoms with Gasteiger partial charge in [-0.25, -0.2) is 9.79 Å². The van der Waals surface area contributed by atoms with Crippen LogP contribution in [-0.2, 0) is 9.53 Å². The Kier molecular flexibility index (Phi) is 8.23. The number of hydrogen-bond acceptors (Lipinski definition) is 7. The molecule has 3 aromatic rings. The highest BCUT2D eigenvalue weighted by atomic mass is 79.9. The predicted molar refractivity (Wildman–Crippen MR) is 149 cm³/mol. The van der Waals surface area contributed by atoms with Crippen molar-refractivity contribution in [1.82, 2.24) is 4.57 Å². The summed E-state index contributed by atoms with van der Waals surface area (Å²) in [6.45, 7) is 3.71. The largest absolute Gasteiger partial charge is 0.496 e. The number of nitrogens with zero attached hydrogens (tertiary/aromatic N) is 2. The first kappa shape index (κ1) is 26.8. The van der Waals surface area contributed by atoms with E-state index in [0.29, 0.717) is 36.6 Å². The molecule has 1 aliphatic rings. The Labute approximate surface area is 236 Å². The van der Waals surface area contributed by atoms with E-state index in [1.807, 2.05) is 24.3 Å². The summed E-state index contributed by atoms with van der Waals surface area (Å²) in [6.07, 6.45) is 1.79. The highest BCUT2D eigenvalue weighted by molar-refractivity contribution is 9.11. The molecular formula is C25H21Br3N2O5S. The SMILES string of the molecule is CCOC(=O)C1=C(C)N=c2s/c(=C/c3cc(Br)c(OC)c(Br)c3)c(=O)n2[C@@H]1c1ccc(OC)c(Br)c1. The Balaban J connectivity index is 1.96. The van der Waals surface area contributed by atoms with Gasteiger partial charge in [0.05, 0.1) is 56.1 Å². The molecule has 0 saturated carbocycles. The van der Waals surface area contributed by atoms with Crippen molar-refractivity contribution in [1.29, 1.82) is 0 Å². The number of methoxy groups -OCH3 is 2. The molecule has 0 radical (unpaired) electrons. The minimum Gasteiger partial charge on any atom is -0.496 e. The molecule has 0 N–H and O–H groups in total. The minimum absolute atomic E-state index is 0.209. The molecule has 0 fully saturated rings. The lowest BCUT2D eigenvalue weighted by molar-refractivity contribution is -0.139. The molecule has 0 unspecified atom stereocenters. The van der Waals surface area contributed by atoms with Crippen LogP contribution in [0.3, 0.4) is 0 Å². The van der Waals surface area contributed by atoms with Crippen molar-refractivity contribution in [3.63, 3.8) is 0 Å². The smallest absolute Gasteiger partial charge is 0.338 e. The van der Waals surface area contributed by atoms with Crippen molar-refractivity contribution in [3.05, 3.63) is 85.8 Å². The lowest BCUT2D eigenvalue weighted by atomic mass is 9.96. The summed E-state index contributed by atoms with van der Waals surface area (Å²) in [5.74, 6) is 0.793. The molecule has 0 spiro atoms. The number of fused-ring (bicyclic) bond motifs is 1. The first-order valence-electron chi connectivity index (χ1n) is 10.8. The summed E-state index contributed by atoms with van der Waals surface area (Å²) >= 11 is 11.8. The fraction of sp³-hybridized carbons (Fsp3) is 0.240. The van der Waals surface area contributed by atoms with E-state index in [9.17, 15) is 9.59 Å². The maximum absolute atomic E-state index is 13.8. The molecule has 7 nitrogen and oxygen atoms in total. The zero-order chi connectivity index (χ0) is 26.1. The van der Waals surface area contributed by atoms with E-state index in [2.05, 4.69) is 52.8 Å². The van der Waals surface area contributed by atoms with Crippen molar-refractivity contribution in [3.8, 4) is 11.5 Å². The monoisotopic (exact) mass is 698 g/mol. The Morgan fingerprint density at radius 2 is 1.81 bits per heavy atom. The normalized spacial score (nSPS) is 15.4. The number of aromatic nitrogens is 1. The fourth-order valence-electron chi connectivity index (χ4n) is 3.97. The van der Waals surface area contributed by atoms with Gasteiger partial charge in [0, 0.05) is 0 Å². The molecule has 0 amide bonds. The first-order chi connectivity index (χ1) is 17.2. The third kappa shape index (κ3) is 4.98. The molecule has 36 heavy (non-hydrogen) atoms. The maximum atomic E-state index is 13.8. The Morgan fingerprint density at radius 1 is 1.11 bits per heavy atom.